The minimum Gasteiger partial charge on any atom is -0.465 e. The van der Waals surface area contributed by atoms with Gasteiger partial charge in [0, 0.05) is 17.8 Å². The van der Waals surface area contributed by atoms with Crippen molar-refractivity contribution in [2.24, 2.45) is 0 Å². The predicted molar refractivity (Wildman–Crippen MR) is 77.0 cm³/mol. The minimum atomic E-state index is -0.820. The number of benzene rings is 1. The summed E-state index contributed by atoms with van der Waals surface area (Å²) in [5.74, 6) is -2.33. The smallest absolute Gasteiger partial charge is 0.343 e. The van der Waals surface area contributed by atoms with Gasteiger partial charge in [0.1, 0.15) is 11.4 Å². The van der Waals surface area contributed by atoms with E-state index in [1.165, 1.54) is 6.20 Å². The quantitative estimate of drug-likeness (QED) is 0.225. The van der Waals surface area contributed by atoms with Crippen molar-refractivity contribution in [1.82, 2.24) is 5.32 Å². The molecule has 0 amide bonds. The molecular weight excluding hydrogens is 320 g/mol. The van der Waals surface area contributed by atoms with Crippen LogP contribution >= 0.6 is 23.2 Å². The van der Waals surface area contributed by atoms with Crippen LogP contribution in [0.5, 0.6) is 0 Å². The fourth-order valence-corrected chi connectivity index (χ4v) is 2.09. The number of halogens is 3. The highest BCUT2D eigenvalue weighted by atomic mass is 35.5. The van der Waals surface area contributed by atoms with Crippen molar-refractivity contribution in [3.05, 3.63) is 45.3 Å². The Balaban J connectivity index is 2.35. The number of ketones is 1. The van der Waals surface area contributed by atoms with Crippen LogP contribution in [-0.4, -0.2) is 24.9 Å². The molecule has 112 valence electrons. The van der Waals surface area contributed by atoms with Crippen molar-refractivity contribution in [1.29, 1.82) is 0 Å². The maximum absolute atomic E-state index is 13.5. The summed E-state index contributed by atoms with van der Waals surface area (Å²) in [6, 6.07) is 2.27. The number of esters is 1. The summed E-state index contributed by atoms with van der Waals surface area (Å²) in [5, 5.41) is 2.69. The zero-order chi connectivity index (χ0) is 15.6. The number of carbonyl (C=O) groups excluding carboxylic acids is 2. The van der Waals surface area contributed by atoms with E-state index in [9.17, 15) is 14.0 Å². The van der Waals surface area contributed by atoms with Gasteiger partial charge < -0.3 is 10.1 Å². The third-order valence-corrected chi connectivity index (χ3v) is 3.55. The molecule has 1 N–H and O–H groups in total. The van der Waals surface area contributed by atoms with Crippen LogP contribution < -0.4 is 5.32 Å². The fraction of sp³-hybridized carbons (Fsp3) is 0.286. The summed E-state index contributed by atoms with van der Waals surface area (Å²) in [6.45, 7) is 0. The van der Waals surface area contributed by atoms with Gasteiger partial charge in [0.25, 0.3) is 0 Å². The number of hydrogen-bond donors (Lipinski definition) is 1. The molecule has 2 rings (SSSR count). The lowest BCUT2D eigenvalue weighted by atomic mass is 10.0. The standard InChI is InChI=1S/C14H12Cl2FNO3/c1-21-14(20)9(6-18-7-2-3-7)13(19)8-4-12(17)11(16)5-10(8)15/h4-7,18H,2-3H2,1H3/b9-6+. The maximum Gasteiger partial charge on any atom is 0.343 e. The number of nitrogens with one attached hydrogen (secondary N) is 1. The van der Waals surface area contributed by atoms with Gasteiger partial charge in [0.2, 0.25) is 5.78 Å². The molecule has 0 heterocycles. The molecule has 1 aliphatic rings. The molecule has 1 saturated carbocycles. The lowest BCUT2D eigenvalue weighted by molar-refractivity contribution is -0.135. The molecule has 21 heavy (non-hydrogen) atoms. The Morgan fingerprint density at radius 1 is 1.33 bits per heavy atom. The van der Waals surface area contributed by atoms with Crippen molar-refractivity contribution in [3.63, 3.8) is 0 Å². The molecule has 1 aromatic rings. The van der Waals surface area contributed by atoms with Crippen LogP contribution in [0.25, 0.3) is 0 Å². The summed E-state index contributed by atoms with van der Waals surface area (Å²) < 4.78 is 18.1. The Kier molecular flexibility index (Phi) is 4.85. The van der Waals surface area contributed by atoms with Gasteiger partial charge in [0.15, 0.2) is 0 Å². The summed E-state index contributed by atoms with van der Waals surface area (Å²) in [5.41, 5.74) is -0.388. The molecule has 0 bridgehead atoms. The average Bonchev–Trinajstić information content (AvgIpc) is 3.26. The lowest BCUT2D eigenvalue weighted by Gasteiger charge is -2.08. The Morgan fingerprint density at radius 3 is 2.57 bits per heavy atom. The molecule has 0 unspecified atom stereocenters. The molecule has 4 nitrogen and oxygen atoms in total. The number of Topliss-reactive ketones (excluding diaryl/α,β-unsaturated/α-hetero) is 1. The summed E-state index contributed by atoms with van der Waals surface area (Å²) in [7, 11) is 1.16. The van der Waals surface area contributed by atoms with Gasteiger partial charge in [-0.25, -0.2) is 9.18 Å². The second kappa shape index (κ2) is 6.45. The zero-order valence-corrected chi connectivity index (χ0v) is 12.6. The number of methoxy groups -OCH3 is 1. The highest BCUT2D eigenvalue weighted by Gasteiger charge is 2.26. The second-order valence-electron chi connectivity index (χ2n) is 4.57. The molecule has 0 atom stereocenters. The van der Waals surface area contributed by atoms with E-state index in [0.29, 0.717) is 0 Å². The highest BCUT2D eigenvalue weighted by molar-refractivity contribution is 6.39. The monoisotopic (exact) mass is 331 g/mol. The van der Waals surface area contributed by atoms with E-state index < -0.39 is 17.6 Å². The van der Waals surface area contributed by atoms with Crippen LogP contribution in [-0.2, 0) is 9.53 Å². The number of ether oxygens (including phenoxy) is 1. The van der Waals surface area contributed by atoms with E-state index in [1.807, 2.05) is 0 Å². The van der Waals surface area contributed by atoms with Gasteiger partial charge in [0.05, 0.1) is 17.2 Å². The molecule has 0 aromatic heterocycles. The topological polar surface area (TPSA) is 55.4 Å². The first-order chi connectivity index (χ1) is 9.93. The first kappa shape index (κ1) is 15.8. The first-order valence-electron chi connectivity index (χ1n) is 6.17. The third kappa shape index (κ3) is 3.74. The summed E-state index contributed by atoms with van der Waals surface area (Å²) in [6.07, 6.45) is 3.22. The SMILES string of the molecule is COC(=O)/C(=C/NC1CC1)C(=O)c1cc(F)c(Cl)cc1Cl. The average molecular weight is 332 g/mol. The molecule has 0 saturated heterocycles. The van der Waals surface area contributed by atoms with Crippen molar-refractivity contribution >= 4 is 35.0 Å². The van der Waals surface area contributed by atoms with Gasteiger partial charge >= 0.3 is 5.97 Å². The van der Waals surface area contributed by atoms with Crippen LogP contribution in [0.4, 0.5) is 4.39 Å². The van der Waals surface area contributed by atoms with Crippen molar-refractivity contribution in [2.45, 2.75) is 18.9 Å². The van der Waals surface area contributed by atoms with Crippen molar-refractivity contribution in [2.75, 3.05) is 7.11 Å². The van der Waals surface area contributed by atoms with Gasteiger partial charge in [-0.2, -0.15) is 0 Å². The lowest BCUT2D eigenvalue weighted by Crippen LogP contribution is -2.20. The van der Waals surface area contributed by atoms with E-state index in [4.69, 9.17) is 23.2 Å². The molecule has 1 aromatic carbocycles. The van der Waals surface area contributed by atoms with E-state index in [0.717, 1.165) is 32.1 Å². The predicted octanol–water partition coefficient (Wildman–Crippen LogP) is 3.12. The minimum absolute atomic E-state index is 0.0346. The molecule has 1 aliphatic carbocycles. The normalized spacial score (nSPS) is 14.8. The van der Waals surface area contributed by atoms with E-state index >= 15 is 0 Å². The first-order valence-corrected chi connectivity index (χ1v) is 6.93. The Bertz CT molecular complexity index is 627. The van der Waals surface area contributed by atoms with Gasteiger partial charge in [-0.1, -0.05) is 23.2 Å². The highest BCUT2D eigenvalue weighted by Crippen LogP contribution is 2.26. The summed E-state index contributed by atoms with van der Waals surface area (Å²) in [4.78, 5) is 24.1. The molecule has 0 radical (unpaired) electrons. The Labute approximate surface area is 130 Å². The van der Waals surface area contributed by atoms with Crippen molar-refractivity contribution in [3.8, 4) is 0 Å². The van der Waals surface area contributed by atoms with Crippen LogP contribution in [0.2, 0.25) is 10.0 Å². The van der Waals surface area contributed by atoms with Crippen LogP contribution in [0.3, 0.4) is 0 Å². The van der Waals surface area contributed by atoms with E-state index in [1.54, 1.807) is 0 Å². The second-order valence-corrected chi connectivity index (χ2v) is 5.38. The Morgan fingerprint density at radius 2 is 2.00 bits per heavy atom. The molecule has 1 fully saturated rings. The number of rotatable bonds is 5. The third-order valence-electron chi connectivity index (χ3n) is 2.95. The van der Waals surface area contributed by atoms with Crippen LogP contribution in [0.15, 0.2) is 23.9 Å². The van der Waals surface area contributed by atoms with Gasteiger partial charge in [-0.05, 0) is 25.0 Å². The van der Waals surface area contributed by atoms with Crippen molar-refractivity contribution < 1.29 is 18.7 Å². The summed E-state index contributed by atoms with van der Waals surface area (Å²) >= 11 is 11.5. The van der Waals surface area contributed by atoms with E-state index in [2.05, 4.69) is 10.1 Å². The number of carbonyl (C=O) groups is 2. The molecular formula is C14H12Cl2FNO3. The van der Waals surface area contributed by atoms with Crippen LogP contribution in [0.1, 0.15) is 23.2 Å². The Hall–Kier alpha value is -1.59. The number of hydrogen-bond acceptors (Lipinski definition) is 4. The van der Waals surface area contributed by atoms with Gasteiger partial charge in [-0.3, -0.25) is 4.79 Å². The molecule has 0 spiro atoms. The fourth-order valence-electron chi connectivity index (χ4n) is 1.62. The van der Waals surface area contributed by atoms with Crippen LogP contribution in [0, 0.1) is 5.82 Å². The largest absolute Gasteiger partial charge is 0.465 e. The zero-order valence-electron chi connectivity index (χ0n) is 11.1. The molecule has 0 aliphatic heterocycles. The van der Waals surface area contributed by atoms with E-state index in [-0.39, 0.29) is 27.2 Å². The maximum atomic E-state index is 13.5. The molecule has 7 heteroatoms. The van der Waals surface area contributed by atoms with Gasteiger partial charge in [-0.15, -0.1) is 0 Å².